The van der Waals surface area contributed by atoms with Crippen LogP contribution in [0.3, 0.4) is 0 Å². The van der Waals surface area contributed by atoms with Crippen molar-refractivity contribution in [2.45, 2.75) is 31.5 Å². The Labute approximate surface area is 201 Å². The molecule has 0 aliphatic carbocycles. The molecule has 1 aliphatic rings. The number of aryl methyl sites for hydroxylation is 1. The predicted molar refractivity (Wildman–Crippen MR) is 135 cm³/mol. The van der Waals surface area contributed by atoms with Crippen molar-refractivity contribution in [1.82, 2.24) is 9.55 Å². The van der Waals surface area contributed by atoms with Gasteiger partial charge in [-0.15, -0.1) is 0 Å². The van der Waals surface area contributed by atoms with Gasteiger partial charge in [-0.2, -0.15) is 0 Å². The molecule has 1 aliphatic heterocycles. The number of hydrogen-bond donors (Lipinski definition) is 0. The van der Waals surface area contributed by atoms with Crippen molar-refractivity contribution in [2.24, 2.45) is 0 Å². The highest BCUT2D eigenvalue weighted by molar-refractivity contribution is 7.99. The summed E-state index contributed by atoms with van der Waals surface area (Å²) in [5, 5.41) is 1.47. The number of fused-ring (bicyclic) bond motifs is 2. The van der Waals surface area contributed by atoms with E-state index in [2.05, 4.69) is 13.0 Å². The third kappa shape index (κ3) is 3.94. The Balaban J connectivity index is 1.55. The smallest absolute Gasteiger partial charge is 0.266 e. The quantitative estimate of drug-likeness (QED) is 0.292. The second kappa shape index (κ2) is 8.69. The third-order valence-corrected chi connectivity index (χ3v) is 7.12. The summed E-state index contributed by atoms with van der Waals surface area (Å²) in [6.07, 6.45) is 0.840. The molecule has 0 radical (unpaired) electrons. The number of carbonyl (C=O) groups is 1. The molecule has 0 unspecified atom stereocenters. The van der Waals surface area contributed by atoms with Crippen LogP contribution in [-0.2, 0) is 11.2 Å². The fourth-order valence-electron chi connectivity index (χ4n) is 4.40. The Morgan fingerprint density at radius 3 is 2.61 bits per heavy atom. The van der Waals surface area contributed by atoms with Gasteiger partial charge in [-0.3, -0.25) is 14.2 Å². The largest absolute Gasteiger partial charge is 0.308 e. The van der Waals surface area contributed by atoms with Crippen molar-refractivity contribution in [1.29, 1.82) is 0 Å². The maximum absolute atomic E-state index is 13.5. The molecule has 0 saturated carbocycles. The first-order valence-electron chi connectivity index (χ1n) is 10.7. The first kappa shape index (κ1) is 21.7. The molecular formula is C26H22ClN3O2S. The van der Waals surface area contributed by atoms with Gasteiger partial charge >= 0.3 is 0 Å². The maximum Gasteiger partial charge on any atom is 0.266 e. The molecule has 1 amide bonds. The summed E-state index contributed by atoms with van der Waals surface area (Å²) in [5.74, 6) is 0.164. The first-order valence-corrected chi connectivity index (χ1v) is 12.1. The fraction of sp³-hybridized carbons (Fsp3) is 0.192. The highest BCUT2D eigenvalue weighted by Gasteiger charge is 2.30. The van der Waals surface area contributed by atoms with E-state index < -0.39 is 0 Å². The van der Waals surface area contributed by atoms with Crippen LogP contribution >= 0.6 is 23.4 Å². The number of aromatic nitrogens is 2. The molecule has 0 saturated heterocycles. The fourth-order valence-corrected chi connectivity index (χ4v) is 5.43. The normalized spacial score (nSPS) is 15.1. The van der Waals surface area contributed by atoms with Crippen molar-refractivity contribution in [3.05, 3.63) is 93.2 Å². The van der Waals surface area contributed by atoms with Crippen molar-refractivity contribution >= 4 is 45.9 Å². The molecule has 0 N–H and O–H groups in total. The van der Waals surface area contributed by atoms with Crippen LogP contribution in [-0.4, -0.2) is 27.3 Å². The van der Waals surface area contributed by atoms with Gasteiger partial charge in [0.1, 0.15) is 0 Å². The molecule has 5 rings (SSSR count). The van der Waals surface area contributed by atoms with Gasteiger partial charge in [-0.1, -0.05) is 59.8 Å². The maximum atomic E-state index is 13.5. The van der Waals surface area contributed by atoms with Gasteiger partial charge in [0.15, 0.2) is 5.16 Å². The van der Waals surface area contributed by atoms with Gasteiger partial charge in [0.25, 0.3) is 5.56 Å². The monoisotopic (exact) mass is 475 g/mol. The SMILES string of the molecule is Cc1ccccc1-n1c(SCC(=O)N2c3ccccc3C[C@@H]2C)nc2cc(Cl)ccc2c1=O. The minimum atomic E-state index is -0.180. The van der Waals surface area contributed by atoms with Crippen molar-refractivity contribution < 1.29 is 4.79 Å². The summed E-state index contributed by atoms with van der Waals surface area (Å²) in [7, 11) is 0. The number of anilines is 1. The summed E-state index contributed by atoms with van der Waals surface area (Å²) >= 11 is 7.44. The Morgan fingerprint density at radius 1 is 1.09 bits per heavy atom. The zero-order valence-corrected chi connectivity index (χ0v) is 19.9. The van der Waals surface area contributed by atoms with E-state index in [9.17, 15) is 9.59 Å². The van der Waals surface area contributed by atoms with Crippen LogP contribution in [0.4, 0.5) is 5.69 Å². The lowest BCUT2D eigenvalue weighted by Gasteiger charge is -2.23. The van der Waals surface area contributed by atoms with E-state index in [1.54, 1.807) is 22.8 Å². The van der Waals surface area contributed by atoms with Crippen LogP contribution in [0.25, 0.3) is 16.6 Å². The summed E-state index contributed by atoms with van der Waals surface area (Å²) in [5.41, 5.74) is 4.18. The molecule has 0 spiro atoms. The third-order valence-electron chi connectivity index (χ3n) is 5.96. The van der Waals surface area contributed by atoms with Gasteiger partial charge in [0.2, 0.25) is 5.91 Å². The molecule has 33 heavy (non-hydrogen) atoms. The Morgan fingerprint density at radius 2 is 1.82 bits per heavy atom. The number of hydrogen-bond acceptors (Lipinski definition) is 4. The van der Waals surface area contributed by atoms with E-state index in [0.29, 0.717) is 21.1 Å². The second-order valence-electron chi connectivity index (χ2n) is 8.22. The number of nitrogens with zero attached hydrogens (tertiary/aromatic N) is 3. The van der Waals surface area contributed by atoms with Crippen molar-refractivity contribution in [3.8, 4) is 5.69 Å². The molecule has 5 nitrogen and oxygen atoms in total. The zero-order chi connectivity index (χ0) is 23.1. The Kier molecular flexibility index (Phi) is 5.72. The van der Waals surface area contributed by atoms with Crippen LogP contribution in [0.5, 0.6) is 0 Å². The van der Waals surface area contributed by atoms with Gasteiger partial charge < -0.3 is 4.90 Å². The summed E-state index contributed by atoms with van der Waals surface area (Å²) in [4.78, 5) is 33.4. The van der Waals surface area contributed by atoms with Crippen LogP contribution in [0.1, 0.15) is 18.1 Å². The number of halogens is 1. The highest BCUT2D eigenvalue weighted by atomic mass is 35.5. The summed E-state index contributed by atoms with van der Waals surface area (Å²) < 4.78 is 1.60. The van der Waals surface area contributed by atoms with Crippen LogP contribution in [0, 0.1) is 6.92 Å². The number of amides is 1. The predicted octanol–water partition coefficient (Wildman–Crippen LogP) is 5.42. The van der Waals surface area contributed by atoms with Gasteiger partial charge in [-0.05, 0) is 61.7 Å². The van der Waals surface area contributed by atoms with E-state index >= 15 is 0 Å². The number of rotatable bonds is 4. The van der Waals surface area contributed by atoms with E-state index in [0.717, 1.165) is 23.4 Å². The lowest BCUT2D eigenvalue weighted by molar-refractivity contribution is -0.116. The number of benzene rings is 3. The minimum absolute atomic E-state index is 0.00535. The van der Waals surface area contributed by atoms with Crippen LogP contribution in [0.15, 0.2) is 76.7 Å². The first-order chi connectivity index (χ1) is 15.9. The molecule has 4 aromatic rings. The lowest BCUT2D eigenvalue weighted by Crippen LogP contribution is -2.37. The van der Waals surface area contributed by atoms with Crippen molar-refractivity contribution in [2.75, 3.05) is 10.7 Å². The van der Waals surface area contributed by atoms with Gasteiger partial charge in [-0.25, -0.2) is 4.98 Å². The van der Waals surface area contributed by atoms with E-state index in [-0.39, 0.29) is 23.3 Å². The summed E-state index contributed by atoms with van der Waals surface area (Å²) in [6, 6.07) is 20.8. The summed E-state index contributed by atoms with van der Waals surface area (Å²) in [6.45, 7) is 4.01. The number of thioether (sulfide) groups is 1. The molecule has 7 heteroatoms. The number of para-hydroxylation sites is 2. The lowest BCUT2D eigenvalue weighted by atomic mass is 10.1. The molecule has 2 heterocycles. The molecular weight excluding hydrogens is 454 g/mol. The van der Waals surface area contributed by atoms with E-state index in [4.69, 9.17) is 16.6 Å². The average molecular weight is 476 g/mol. The van der Waals surface area contributed by atoms with Crippen LogP contribution < -0.4 is 10.5 Å². The molecule has 0 fully saturated rings. The molecule has 166 valence electrons. The van der Waals surface area contributed by atoms with Crippen LogP contribution in [0.2, 0.25) is 5.02 Å². The van der Waals surface area contributed by atoms with E-state index in [1.165, 1.54) is 17.3 Å². The average Bonchev–Trinajstić information content (AvgIpc) is 3.14. The van der Waals surface area contributed by atoms with Gasteiger partial charge in [0.05, 0.1) is 22.3 Å². The standard InChI is InChI=1S/C26H22ClN3O2S/c1-16-7-3-5-9-22(16)30-25(32)20-12-11-19(27)14-21(20)28-26(30)33-15-24(31)29-17(2)13-18-8-4-6-10-23(18)29/h3-12,14,17H,13,15H2,1-2H3/t17-/m0/s1. The minimum Gasteiger partial charge on any atom is -0.308 e. The Hall–Kier alpha value is -3.09. The molecule has 1 atom stereocenters. The molecule has 1 aromatic heterocycles. The topological polar surface area (TPSA) is 55.2 Å². The van der Waals surface area contributed by atoms with Gasteiger partial charge in [0, 0.05) is 16.8 Å². The van der Waals surface area contributed by atoms with E-state index in [1.807, 2.05) is 54.3 Å². The Bertz CT molecular complexity index is 1450. The molecule has 3 aromatic carbocycles. The number of carbonyl (C=O) groups excluding carboxylic acids is 1. The zero-order valence-electron chi connectivity index (χ0n) is 18.3. The second-order valence-corrected chi connectivity index (χ2v) is 9.60. The molecule has 0 bridgehead atoms. The highest BCUT2D eigenvalue weighted by Crippen LogP contribution is 2.33. The van der Waals surface area contributed by atoms with Crippen molar-refractivity contribution in [3.63, 3.8) is 0 Å².